The maximum atomic E-state index is 13.8. The SMILES string of the molecule is CCCC(=O)NC(Cc1cc(F)cc(F)c1)C(O)CNC1(c2cccc(C(C)(C)C)c2)CCCCC1. The molecule has 3 N–H and O–H groups in total. The van der Waals surface area contributed by atoms with Crippen LogP contribution in [0.25, 0.3) is 0 Å². The summed E-state index contributed by atoms with van der Waals surface area (Å²) in [7, 11) is 0. The minimum atomic E-state index is -0.929. The predicted octanol–water partition coefficient (Wildman–Crippen LogP) is 5.90. The quantitative estimate of drug-likeness (QED) is 0.381. The van der Waals surface area contributed by atoms with E-state index in [4.69, 9.17) is 0 Å². The minimum Gasteiger partial charge on any atom is -0.390 e. The van der Waals surface area contributed by atoms with E-state index in [2.05, 4.69) is 55.7 Å². The Bertz CT molecular complexity index is 992. The summed E-state index contributed by atoms with van der Waals surface area (Å²) in [4.78, 5) is 12.4. The third kappa shape index (κ3) is 7.59. The summed E-state index contributed by atoms with van der Waals surface area (Å²) in [5, 5.41) is 17.8. The molecule has 1 amide bonds. The molecule has 0 spiro atoms. The normalized spacial score (nSPS) is 17.4. The number of nitrogens with one attached hydrogen (secondary N) is 2. The lowest BCUT2D eigenvalue weighted by atomic mass is 9.74. The molecule has 36 heavy (non-hydrogen) atoms. The van der Waals surface area contributed by atoms with Gasteiger partial charge in [-0.25, -0.2) is 8.78 Å². The molecule has 2 unspecified atom stereocenters. The number of hydrogen-bond acceptors (Lipinski definition) is 3. The summed E-state index contributed by atoms with van der Waals surface area (Å²) in [6.07, 6.45) is 5.54. The van der Waals surface area contributed by atoms with E-state index in [0.29, 0.717) is 18.4 Å². The molecule has 0 heterocycles. The average Bonchev–Trinajstić information content (AvgIpc) is 2.82. The molecule has 1 fully saturated rings. The Hall–Kier alpha value is -2.31. The summed E-state index contributed by atoms with van der Waals surface area (Å²) in [6.45, 7) is 8.78. The zero-order valence-electron chi connectivity index (χ0n) is 22.2. The van der Waals surface area contributed by atoms with Gasteiger partial charge in [0.05, 0.1) is 12.1 Å². The van der Waals surface area contributed by atoms with Crippen LogP contribution < -0.4 is 10.6 Å². The highest BCUT2D eigenvalue weighted by molar-refractivity contribution is 5.76. The number of hydrogen-bond donors (Lipinski definition) is 3. The second-order valence-corrected chi connectivity index (χ2v) is 11.3. The van der Waals surface area contributed by atoms with Gasteiger partial charge in [-0.3, -0.25) is 4.79 Å². The van der Waals surface area contributed by atoms with Gasteiger partial charge < -0.3 is 15.7 Å². The Morgan fingerprint density at radius 2 is 1.72 bits per heavy atom. The first kappa shape index (κ1) is 28.3. The van der Waals surface area contributed by atoms with Crippen LogP contribution in [-0.2, 0) is 22.2 Å². The summed E-state index contributed by atoms with van der Waals surface area (Å²) >= 11 is 0. The van der Waals surface area contributed by atoms with Crippen molar-refractivity contribution >= 4 is 5.91 Å². The number of halogens is 2. The predicted molar refractivity (Wildman–Crippen MR) is 141 cm³/mol. The third-order valence-electron chi connectivity index (χ3n) is 7.30. The third-order valence-corrected chi connectivity index (χ3v) is 7.30. The summed E-state index contributed by atoms with van der Waals surface area (Å²) in [5.41, 5.74) is 2.66. The Labute approximate surface area is 214 Å². The van der Waals surface area contributed by atoms with Crippen molar-refractivity contribution in [2.45, 2.75) is 102 Å². The monoisotopic (exact) mass is 500 g/mol. The average molecular weight is 501 g/mol. The van der Waals surface area contributed by atoms with Crippen LogP contribution in [0.4, 0.5) is 8.78 Å². The molecule has 4 nitrogen and oxygen atoms in total. The number of benzene rings is 2. The molecule has 3 rings (SSSR count). The van der Waals surface area contributed by atoms with Crippen LogP contribution in [-0.4, -0.2) is 29.7 Å². The Morgan fingerprint density at radius 1 is 1.06 bits per heavy atom. The zero-order chi connectivity index (χ0) is 26.3. The number of aliphatic hydroxyl groups excluding tert-OH is 1. The topological polar surface area (TPSA) is 61.4 Å². The minimum absolute atomic E-state index is 0.0280. The van der Waals surface area contributed by atoms with Gasteiger partial charge in [0.1, 0.15) is 11.6 Å². The van der Waals surface area contributed by atoms with Gasteiger partial charge in [-0.1, -0.05) is 71.2 Å². The van der Waals surface area contributed by atoms with Gasteiger partial charge in [0.2, 0.25) is 5.91 Å². The fourth-order valence-electron chi connectivity index (χ4n) is 5.22. The second kappa shape index (κ2) is 12.3. The first-order valence-electron chi connectivity index (χ1n) is 13.3. The van der Waals surface area contributed by atoms with Gasteiger partial charge >= 0.3 is 0 Å². The van der Waals surface area contributed by atoms with E-state index < -0.39 is 23.8 Å². The fraction of sp³-hybridized carbons (Fsp3) is 0.567. The van der Waals surface area contributed by atoms with E-state index >= 15 is 0 Å². The Balaban J connectivity index is 1.82. The van der Waals surface area contributed by atoms with Gasteiger partial charge in [0.15, 0.2) is 0 Å². The highest BCUT2D eigenvalue weighted by atomic mass is 19.1. The van der Waals surface area contributed by atoms with Crippen molar-refractivity contribution in [3.63, 3.8) is 0 Å². The molecule has 2 atom stereocenters. The highest BCUT2D eigenvalue weighted by Crippen LogP contribution is 2.38. The van der Waals surface area contributed by atoms with Crippen molar-refractivity contribution in [2.24, 2.45) is 0 Å². The lowest BCUT2D eigenvalue weighted by Crippen LogP contribution is -2.53. The molecule has 0 bridgehead atoms. The molecule has 2 aromatic rings. The lowest BCUT2D eigenvalue weighted by Gasteiger charge is -2.41. The summed E-state index contributed by atoms with van der Waals surface area (Å²) < 4.78 is 27.6. The van der Waals surface area contributed by atoms with Crippen molar-refractivity contribution in [3.05, 3.63) is 70.8 Å². The van der Waals surface area contributed by atoms with Crippen molar-refractivity contribution < 1.29 is 18.7 Å². The first-order valence-corrected chi connectivity index (χ1v) is 13.3. The molecule has 1 saturated carbocycles. The van der Waals surface area contributed by atoms with Crippen molar-refractivity contribution in [1.82, 2.24) is 10.6 Å². The van der Waals surface area contributed by atoms with E-state index in [1.165, 1.54) is 29.7 Å². The zero-order valence-corrected chi connectivity index (χ0v) is 22.2. The van der Waals surface area contributed by atoms with E-state index in [9.17, 15) is 18.7 Å². The lowest BCUT2D eigenvalue weighted by molar-refractivity contribution is -0.122. The van der Waals surface area contributed by atoms with Gasteiger partial charge in [-0.2, -0.15) is 0 Å². The van der Waals surface area contributed by atoms with E-state index in [0.717, 1.165) is 31.7 Å². The van der Waals surface area contributed by atoms with Crippen LogP contribution in [0.5, 0.6) is 0 Å². The van der Waals surface area contributed by atoms with Crippen LogP contribution in [0.2, 0.25) is 0 Å². The standard InChI is InChI=1S/C30H42F2N2O2/c1-5-10-28(36)34-26(17-21-15-24(31)19-25(32)16-21)27(35)20-33-30(13-7-6-8-14-30)23-12-9-11-22(18-23)29(2,3)4/h9,11-12,15-16,18-19,26-27,33,35H,5-8,10,13-14,17,20H2,1-4H3,(H,34,36). The molecule has 0 saturated heterocycles. The van der Waals surface area contributed by atoms with E-state index in [-0.39, 0.29) is 29.8 Å². The van der Waals surface area contributed by atoms with E-state index in [1.54, 1.807) is 0 Å². The maximum absolute atomic E-state index is 13.8. The second-order valence-electron chi connectivity index (χ2n) is 11.3. The van der Waals surface area contributed by atoms with Crippen molar-refractivity contribution in [2.75, 3.05) is 6.54 Å². The molecule has 1 aliphatic carbocycles. The van der Waals surface area contributed by atoms with Gasteiger partial charge in [-0.05, 0) is 59.9 Å². The Morgan fingerprint density at radius 3 is 2.33 bits per heavy atom. The van der Waals surface area contributed by atoms with Crippen LogP contribution in [0, 0.1) is 11.6 Å². The smallest absolute Gasteiger partial charge is 0.220 e. The van der Waals surface area contributed by atoms with Crippen LogP contribution in [0.3, 0.4) is 0 Å². The fourth-order valence-corrected chi connectivity index (χ4v) is 5.22. The molecule has 0 radical (unpaired) electrons. The number of aliphatic hydroxyl groups is 1. The number of amides is 1. The molecule has 2 aromatic carbocycles. The molecule has 6 heteroatoms. The number of carbonyl (C=O) groups excluding carboxylic acids is 1. The number of carbonyl (C=O) groups is 1. The summed E-state index contributed by atoms with van der Waals surface area (Å²) in [5.74, 6) is -1.52. The van der Waals surface area contributed by atoms with Crippen molar-refractivity contribution in [1.29, 1.82) is 0 Å². The molecule has 0 aromatic heterocycles. The largest absolute Gasteiger partial charge is 0.390 e. The molecular weight excluding hydrogens is 458 g/mol. The van der Waals surface area contributed by atoms with Gasteiger partial charge in [-0.15, -0.1) is 0 Å². The maximum Gasteiger partial charge on any atom is 0.220 e. The van der Waals surface area contributed by atoms with Crippen molar-refractivity contribution in [3.8, 4) is 0 Å². The van der Waals surface area contributed by atoms with E-state index in [1.807, 2.05) is 6.92 Å². The van der Waals surface area contributed by atoms with Crippen LogP contribution in [0.15, 0.2) is 42.5 Å². The summed E-state index contributed by atoms with van der Waals surface area (Å²) in [6, 6.07) is 11.4. The van der Waals surface area contributed by atoms with Gasteiger partial charge in [0, 0.05) is 24.6 Å². The Kier molecular flexibility index (Phi) is 9.65. The molecule has 1 aliphatic rings. The highest BCUT2D eigenvalue weighted by Gasteiger charge is 2.35. The van der Waals surface area contributed by atoms with Gasteiger partial charge in [0.25, 0.3) is 0 Å². The molecule has 198 valence electrons. The van der Waals surface area contributed by atoms with Crippen LogP contribution >= 0.6 is 0 Å². The van der Waals surface area contributed by atoms with Crippen LogP contribution in [0.1, 0.15) is 89.3 Å². The molecular formula is C30H42F2N2O2. The molecule has 0 aliphatic heterocycles. The first-order chi connectivity index (χ1) is 17.0. The number of rotatable bonds is 10.